The number of fused-ring (bicyclic) bond motifs is 2. The minimum Gasteiger partial charge on any atom is -0.377 e. The number of benzene rings is 1. The molecule has 1 spiro atoms. The van der Waals surface area contributed by atoms with Crippen LogP contribution in [0.15, 0.2) is 24.3 Å². The second kappa shape index (κ2) is 5.36. The normalized spacial score (nSPS) is 31.4. The average Bonchev–Trinajstić information content (AvgIpc) is 2.87. The van der Waals surface area contributed by atoms with E-state index in [0.29, 0.717) is 23.1 Å². The molecular weight excluding hydrogens is 276 g/mol. The van der Waals surface area contributed by atoms with Crippen LogP contribution in [0.25, 0.3) is 0 Å². The van der Waals surface area contributed by atoms with Gasteiger partial charge in [-0.25, -0.2) is 0 Å². The van der Waals surface area contributed by atoms with Crippen molar-refractivity contribution < 1.29 is 9.53 Å². The molecule has 1 aromatic carbocycles. The van der Waals surface area contributed by atoms with E-state index >= 15 is 0 Å². The van der Waals surface area contributed by atoms with Gasteiger partial charge in [0.05, 0.1) is 6.10 Å². The first-order valence-electron chi connectivity index (χ1n) is 8.44. The predicted molar refractivity (Wildman–Crippen MR) is 84.6 cm³/mol. The van der Waals surface area contributed by atoms with E-state index in [1.165, 1.54) is 31.2 Å². The number of hydrogen-bond acceptors (Lipinski definition) is 3. The minimum atomic E-state index is -0.354. The van der Waals surface area contributed by atoms with Crippen LogP contribution in [0.5, 0.6) is 0 Å². The number of nitrogens with one attached hydrogen (secondary N) is 1. The van der Waals surface area contributed by atoms with Gasteiger partial charge in [0.25, 0.3) is 0 Å². The van der Waals surface area contributed by atoms with E-state index in [1.54, 1.807) is 6.07 Å². The van der Waals surface area contributed by atoms with E-state index in [9.17, 15) is 4.79 Å². The second-order valence-electron chi connectivity index (χ2n) is 7.08. The lowest BCUT2D eigenvalue weighted by molar-refractivity contribution is -0.175. The van der Waals surface area contributed by atoms with Crippen molar-refractivity contribution in [1.82, 2.24) is 5.32 Å². The van der Waals surface area contributed by atoms with Gasteiger partial charge in [0.15, 0.2) is 0 Å². The van der Waals surface area contributed by atoms with Crippen LogP contribution in [-0.4, -0.2) is 31.2 Å². The van der Waals surface area contributed by atoms with Crippen LogP contribution in [0.3, 0.4) is 0 Å². The van der Waals surface area contributed by atoms with Crippen molar-refractivity contribution in [2.24, 2.45) is 17.1 Å². The molecule has 1 heterocycles. The monoisotopic (exact) mass is 300 g/mol. The van der Waals surface area contributed by atoms with Crippen LogP contribution < -0.4 is 11.1 Å². The van der Waals surface area contributed by atoms with Crippen LogP contribution in [-0.2, 0) is 11.2 Å². The van der Waals surface area contributed by atoms with E-state index in [4.69, 9.17) is 10.5 Å². The van der Waals surface area contributed by atoms with Crippen LogP contribution in [0.4, 0.5) is 0 Å². The lowest BCUT2D eigenvalue weighted by Crippen LogP contribution is -2.71. The summed E-state index contributed by atoms with van der Waals surface area (Å²) in [5, 5.41) is 3.78. The van der Waals surface area contributed by atoms with Gasteiger partial charge in [0, 0.05) is 29.5 Å². The zero-order valence-electron chi connectivity index (χ0n) is 12.9. The Morgan fingerprint density at radius 3 is 3.00 bits per heavy atom. The fourth-order valence-electron chi connectivity index (χ4n) is 4.81. The molecule has 3 aliphatic rings. The predicted octanol–water partition coefficient (Wildman–Crippen LogP) is 1.88. The third-order valence-electron chi connectivity index (χ3n) is 6.03. The van der Waals surface area contributed by atoms with Crippen LogP contribution in [0.2, 0.25) is 0 Å². The van der Waals surface area contributed by atoms with Gasteiger partial charge >= 0.3 is 0 Å². The van der Waals surface area contributed by atoms with E-state index in [1.807, 2.05) is 12.1 Å². The Morgan fingerprint density at radius 1 is 1.41 bits per heavy atom. The van der Waals surface area contributed by atoms with Crippen molar-refractivity contribution in [3.8, 4) is 0 Å². The van der Waals surface area contributed by atoms with Gasteiger partial charge in [0.2, 0.25) is 5.91 Å². The third-order valence-corrected chi connectivity index (χ3v) is 6.03. The molecule has 1 amide bonds. The lowest BCUT2D eigenvalue weighted by Gasteiger charge is -2.63. The molecule has 3 unspecified atom stereocenters. The summed E-state index contributed by atoms with van der Waals surface area (Å²) >= 11 is 0. The molecule has 1 aromatic rings. The molecule has 3 fully saturated rings. The van der Waals surface area contributed by atoms with Crippen molar-refractivity contribution in [1.29, 1.82) is 0 Å². The number of hydrogen-bond donors (Lipinski definition) is 2. The number of nitrogens with two attached hydrogens (primary N) is 1. The first-order chi connectivity index (χ1) is 10.7. The van der Waals surface area contributed by atoms with Crippen molar-refractivity contribution in [3.05, 3.63) is 35.4 Å². The summed E-state index contributed by atoms with van der Waals surface area (Å²) in [4.78, 5) is 11.2. The summed E-state index contributed by atoms with van der Waals surface area (Å²) in [5.74, 6) is 0.366. The van der Waals surface area contributed by atoms with Gasteiger partial charge in [0.1, 0.15) is 0 Å². The van der Waals surface area contributed by atoms with E-state index in [-0.39, 0.29) is 5.91 Å². The van der Waals surface area contributed by atoms with Crippen molar-refractivity contribution in [2.45, 2.75) is 44.2 Å². The minimum absolute atomic E-state index is 0.354. The van der Waals surface area contributed by atoms with Crippen LogP contribution in [0.1, 0.15) is 41.6 Å². The maximum absolute atomic E-state index is 11.2. The number of carbonyl (C=O) groups is 1. The van der Waals surface area contributed by atoms with Gasteiger partial charge in [-0.05, 0) is 49.9 Å². The Labute approximate surface area is 131 Å². The van der Waals surface area contributed by atoms with E-state index in [2.05, 4.69) is 11.4 Å². The van der Waals surface area contributed by atoms with Gasteiger partial charge < -0.3 is 15.8 Å². The SMILES string of the molecule is NC(=O)c1cccc(CCNC2C3CCOC3C23CCC3)c1. The molecule has 1 saturated heterocycles. The Hall–Kier alpha value is -1.39. The quantitative estimate of drug-likeness (QED) is 0.872. The largest absolute Gasteiger partial charge is 0.377 e. The molecule has 0 radical (unpaired) electrons. The smallest absolute Gasteiger partial charge is 0.248 e. The molecule has 0 bridgehead atoms. The molecule has 2 aliphatic carbocycles. The van der Waals surface area contributed by atoms with Crippen LogP contribution >= 0.6 is 0 Å². The Bertz CT molecular complexity index is 582. The molecule has 3 N–H and O–H groups in total. The summed E-state index contributed by atoms with van der Waals surface area (Å²) in [6, 6.07) is 8.29. The molecule has 22 heavy (non-hydrogen) atoms. The van der Waals surface area contributed by atoms with Crippen molar-refractivity contribution in [2.75, 3.05) is 13.2 Å². The first kappa shape index (κ1) is 14.2. The Morgan fingerprint density at radius 2 is 2.27 bits per heavy atom. The number of primary amides is 1. The Kier molecular flexibility index (Phi) is 3.46. The van der Waals surface area contributed by atoms with Crippen molar-refractivity contribution in [3.63, 3.8) is 0 Å². The second-order valence-corrected chi connectivity index (χ2v) is 7.08. The van der Waals surface area contributed by atoms with Crippen molar-refractivity contribution >= 4 is 5.91 Å². The van der Waals surface area contributed by atoms with Gasteiger partial charge in [-0.2, -0.15) is 0 Å². The number of carbonyl (C=O) groups excluding carboxylic acids is 1. The molecule has 4 heteroatoms. The zero-order valence-corrected chi connectivity index (χ0v) is 12.9. The summed E-state index contributed by atoms with van der Waals surface area (Å²) in [7, 11) is 0. The highest BCUT2D eigenvalue weighted by Gasteiger charge is 2.66. The standard InChI is InChI=1S/C18H24N2O2/c19-17(21)13-4-1-3-12(11-13)5-9-20-15-14-6-10-22-16(14)18(15)7-2-8-18/h1,3-4,11,14-16,20H,2,5-10H2,(H2,19,21). The molecule has 1 aliphatic heterocycles. The molecule has 0 aromatic heterocycles. The van der Waals surface area contributed by atoms with Gasteiger partial charge in [-0.3, -0.25) is 4.79 Å². The van der Waals surface area contributed by atoms with Crippen LogP contribution in [0, 0.1) is 11.3 Å². The first-order valence-corrected chi connectivity index (χ1v) is 8.44. The summed E-state index contributed by atoms with van der Waals surface area (Å²) < 4.78 is 5.96. The third kappa shape index (κ3) is 2.09. The average molecular weight is 300 g/mol. The van der Waals surface area contributed by atoms with E-state index in [0.717, 1.165) is 25.5 Å². The summed E-state index contributed by atoms with van der Waals surface area (Å²) in [5.41, 5.74) is 7.55. The highest BCUT2D eigenvalue weighted by atomic mass is 16.5. The number of rotatable bonds is 5. The van der Waals surface area contributed by atoms with Gasteiger partial charge in [-0.15, -0.1) is 0 Å². The van der Waals surface area contributed by atoms with E-state index < -0.39 is 0 Å². The molecule has 4 nitrogen and oxygen atoms in total. The fraction of sp³-hybridized carbons (Fsp3) is 0.611. The molecular formula is C18H24N2O2. The lowest BCUT2D eigenvalue weighted by atomic mass is 9.46. The fourth-order valence-corrected chi connectivity index (χ4v) is 4.81. The Balaban J connectivity index is 1.35. The maximum Gasteiger partial charge on any atom is 0.248 e. The molecule has 2 saturated carbocycles. The molecule has 4 rings (SSSR count). The molecule has 3 atom stereocenters. The zero-order chi connectivity index (χ0) is 15.2. The summed E-state index contributed by atoms with van der Waals surface area (Å²) in [6.45, 7) is 1.90. The topological polar surface area (TPSA) is 64.4 Å². The molecule has 118 valence electrons. The van der Waals surface area contributed by atoms with Gasteiger partial charge in [-0.1, -0.05) is 18.6 Å². The maximum atomic E-state index is 11.2. The highest BCUT2D eigenvalue weighted by Crippen LogP contribution is 2.62. The number of ether oxygens (including phenoxy) is 1. The highest BCUT2D eigenvalue weighted by molar-refractivity contribution is 5.92. The summed E-state index contributed by atoms with van der Waals surface area (Å²) in [6.07, 6.45) is 6.67. The number of amides is 1.